The quantitative estimate of drug-likeness (QED) is 0.310. The fourth-order valence-electron chi connectivity index (χ4n) is 4.73. The van der Waals surface area contributed by atoms with Gasteiger partial charge in [-0.05, 0) is 60.7 Å². The summed E-state index contributed by atoms with van der Waals surface area (Å²) in [4.78, 5) is 25.1. The van der Waals surface area contributed by atoms with E-state index in [1.807, 2.05) is 6.07 Å². The van der Waals surface area contributed by atoms with Gasteiger partial charge in [-0.1, -0.05) is 29.8 Å². The molecule has 0 saturated heterocycles. The van der Waals surface area contributed by atoms with E-state index in [1.165, 1.54) is 30.3 Å². The number of halogens is 4. The molecule has 0 spiro atoms. The van der Waals surface area contributed by atoms with Crippen LogP contribution in [-0.2, 0) is 23.0 Å². The first kappa shape index (κ1) is 31.5. The summed E-state index contributed by atoms with van der Waals surface area (Å²) in [5.41, 5.74) is -0.654. The number of aromatic nitrogens is 1. The summed E-state index contributed by atoms with van der Waals surface area (Å²) in [5, 5.41) is 15.1. The van der Waals surface area contributed by atoms with Crippen molar-refractivity contribution in [3.05, 3.63) is 112 Å². The summed E-state index contributed by atoms with van der Waals surface area (Å²) < 4.78 is 51.9. The van der Waals surface area contributed by atoms with Gasteiger partial charge in [0.1, 0.15) is 11.5 Å². The van der Waals surface area contributed by atoms with Crippen molar-refractivity contribution >= 4 is 23.5 Å². The number of hydrogen-bond acceptors (Lipinski definition) is 5. The number of nitrogens with one attached hydrogen (secondary N) is 1. The third kappa shape index (κ3) is 6.47. The minimum absolute atomic E-state index is 0. The molecule has 3 aromatic carbocycles. The zero-order chi connectivity index (χ0) is 29.2. The van der Waals surface area contributed by atoms with Crippen molar-refractivity contribution in [2.24, 2.45) is 0 Å². The van der Waals surface area contributed by atoms with Crippen molar-refractivity contribution in [1.29, 1.82) is 0 Å². The van der Waals surface area contributed by atoms with Crippen LogP contribution in [0.15, 0.2) is 85.1 Å². The Morgan fingerprint density at radius 2 is 1.79 bits per heavy atom. The molecule has 4 aromatic rings. The second-order valence-electron chi connectivity index (χ2n) is 9.38. The predicted octanol–water partition coefficient (Wildman–Crippen LogP) is 1.93. The maximum absolute atomic E-state index is 12.9. The first-order valence-corrected chi connectivity index (χ1v) is 13.0. The molecular formula is C30H23ClF3N2NaO5. The van der Waals surface area contributed by atoms with E-state index < -0.39 is 29.2 Å². The molecule has 12 heteroatoms. The van der Waals surface area contributed by atoms with Crippen LogP contribution in [0.1, 0.15) is 33.6 Å². The molecule has 0 fully saturated rings. The Labute approximate surface area is 266 Å². The molecule has 0 radical (unpaired) electrons. The molecule has 212 valence electrons. The van der Waals surface area contributed by atoms with Crippen LogP contribution in [-0.4, -0.2) is 29.6 Å². The molecule has 1 N–H and O–H groups in total. The molecule has 1 aliphatic rings. The monoisotopic (exact) mass is 606 g/mol. The molecule has 1 atom stereocenters. The molecule has 7 nitrogen and oxygen atoms in total. The third-order valence-electron chi connectivity index (χ3n) is 6.81. The van der Waals surface area contributed by atoms with Crippen molar-refractivity contribution < 1.29 is 66.9 Å². The molecular weight excluding hydrogens is 584 g/mol. The largest absolute Gasteiger partial charge is 1.00 e. The molecule has 0 aliphatic carbocycles. The SMILES string of the molecule is O=C(NCCc1cccn1-c1ccc(C(F)(F)F)cc1)c1ccc(OC2(C(=O)[O-])CCOc3ccccc32)c(Cl)c1.[Na+]. The second kappa shape index (κ2) is 12.8. The van der Waals surface area contributed by atoms with Gasteiger partial charge in [-0.2, -0.15) is 13.2 Å². The van der Waals surface area contributed by atoms with E-state index in [2.05, 4.69) is 5.32 Å². The molecule has 1 amide bonds. The number of carboxylic acids is 1. The average molecular weight is 607 g/mol. The summed E-state index contributed by atoms with van der Waals surface area (Å²) in [6, 6.07) is 19.3. The molecule has 0 bridgehead atoms. The number of rotatable bonds is 8. The Balaban J connectivity index is 0.00000405. The second-order valence-corrected chi connectivity index (χ2v) is 9.78. The number of ether oxygens (including phenoxy) is 2. The zero-order valence-corrected chi connectivity index (χ0v) is 25.2. The molecule has 0 saturated carbocycles. The van der Waals surface area contributed by atoms with Gasteiger partial charge < -0.3 is 29.3 Å². The van der Waals surface area contributed by atoms with Gasteiger partial charge in [0.2, 0.25) is 0 Å². The van der Waals surface area contributed by atoms with Crippen molar-refractivity contribution in [1.82, 2.24) is 9.88 Å². The van der Waals surface area contributed by atoms with Crippen molar-refractivity contribution in [2.75, 3.05) is 13.2 Å². The summed E-state index contributed by atoms with van der Waals surface area (Å²) >= 11 is 6.41. The molecule has 5 rings (SSSR count). The number of carboxylic acid groups (broad SMARTS) is 1. The van der Waals surface area contributed by atoms with E-state index in [-0.39, 0.29) is 65.5 Å². The number of carbonyl (C=O) groups is 2. The molecule has 1 aromatic heterocycles. The van der Waals surface area contributed by atoms with Gasteiger partial charge in [-0.15, -0.1) is 0 Å². The van der Waals surface area contributed by atoms with E-state index in [0.717, 1.165) is 17.8 Å². The van der Waals surface area contributed by atoms with Crippen molar-refractivity contribution in [3.8, 4) is 17.2 Å². The van der Waals surface area contributed by atoms with Crippen molar-refractivity contribution in [2.45, 2.75) is 24.6 Å². The van der Waals surface area contributed by atoms with E-state index in [1.54, 1.807) is 41.1 Å². The van der Waals surface area contributed by atoms with Crippen LogP contribution in [0.2, 0.25) is 5.02 Å². The van der Waals surface area contributed by atoms with Gasteiger partial charge in [0.25, 0.3) is 5.91 Å². The standard InChI is InChI=1S/C30H24ClF3N2O5.Na/c31-24-18-19(7-12-26(24)41-29(28(38)39)14-17-40-25-6-2-1-5-23(25)29)27(37)35-15-13-21-4-3-16-36(21)22-10-8-20(9-11-22)30(32,33)34;/h1-12,16,18H,13-15,17H2,(H,35,37)(H,38,39);/q;+1/p-1. The first-order valence-electron chi connectivity index (χ1n) is 12.6. The minimum Gasteiger partial charge on any atom is -0.545 e. The number of aliphatic carboxylic acids is 1. The van der Waals surface area contributed by atoms with Crippen LogP contribution in [0.5, 0.6) is 11.5 Å². The first-order chi connectivity index (χ1) is 19.6. The van der Waals surface area contributed by atoms with Gasteiger partial charge >= 0.3 is 35.7 Å². The van der Waals surface area contributed by atoms with Crippen molar-refractivity contribution in [3.63, 3.8) is 0 Å². The maximum atomic E-state index is 12.9. The van der Waals surface area contributed by atoms with Gasteiger partial charge in [-0.3, -0.25) is 4.79 Å². The van der Waals surface area contributed by atoms with Crippen LogP contribution < -0.4 is 49.5 Å². The van der Waals surface area contributed by atoms with E-state index in [9.17, 15) is 27.9 Å². The number of carbonyl (C=O) groups excluding carboxylic acids is 2. The Bertz CT molecular complexity index is 1590. The van der Waals surface area contributed by atoms with Crippen LogP contribution in [0.3, 0.4) is 0 Å². The van der Waals surface area contributed by atoms with Gasteiger partial charge in [-0.25, -0.2) is 0 Å². The van der Waals surface area contributed by atoms with Crippen LogP contribution in [0.25, 0.3) is 5.69 Å². The van der Waals surface area contributed by atoms with Crippen LogP contribution in [0, 0.1) is 0 Å². The number of hydrogen-bond donors (Lipinski definition) is 1. The Kier molecular flexibility index (Phi) is 9.62. The van der Waals surface area contributed by atoms with E-state index >= 15 is 0 Å². The maximum Gasteiger partial charge on any atom is 1.00 e. The van der Waals surface area contributed by atoms with Gasteiger partial charge in [0, 0.05) is 48.1 Å². The Hall–Kier alpha value is -3.44. The number of nitrogens with zero attached hydrogens (tertiary/aromatic N) is 1. The normalized spacial score (nSPS) is 16.0. The topological polar surface area (TPSA) is 92.6 Å². The fourth-order valence-corrected chi connectivity index (χ4v) is 4.95. The number of amides is 1. The summed E-state index contributed by atoms with van der Waals surface area (Å²) in [5.74, 6) is -1.41. The smallest absolute Gasteiger partial charge is 0.545 e. The zero-order valence-electron chi connectivity index (χ0n) is 22.4. The summed E-state index contributed by atoms with van der Waals surface area (Å²) in [6.07, 6.45) is -2.28. The summed E-state index contributed by atoms with van der Waals surface area (Å²) in [7, 11) is 0. The van der Waals surface area contributed by atoms with Crippen LogP contribution in [0.4, 0.5) is 13.2 Å². The van der Waals surface area contributed by atoms with E-state index in [0.29, 0.717) is 23.4 Å². The predicted molar refractivity (Wildman–Crippen MR) is 142 cm³/mol. The van der Waals surface area contributed by atoms with Gasteiger partial charge in [0.15, 0.2) is 5.60 Å². The molecule has 1 aliphatic heterocycles. The van der Waals surface area contributed by atoms with Gasteiger partial charge in [0.05, 0.1) is 23.2 Å². The Morgan fingerprint density at radius 1 is 1.05 bits per heavy atom. The third-order valence-corrected chi connectivity index (χ3v) is 7.11. The Morgan fingerprint density at radius 3 is 2.48 bits per heavy atom. The number of alkyl halides is 3. The fraction of sp³-hybridized carbons (Fsp3) is 0.200. The van der Waals surface area contributed by atoms with E-state index in [4.69, 9.17) is 21.1 Å². The number of fused-ring (bicyclic) bond motifs is 1. The van der Waals surface area contributed by atoms with Crippen LogP contribution >= 0.6 is 11.6 Å². The average Bonchev–Trinajstić information content (AvgIpc) is 3.42. The molecule has 42 heavy (non-hydrogen) atoms. The number of benzene rings is 3. The molecule has 1 unspecified atom stereocenters. The number of para-hydroxylation sites is 1. The molecule has 2 heterocycles. The summed E-state index contributed by atoms with van der Waals surface area (Å²) in [6.45, 7) is 0.343. The minimum atomic E-state index is -4.42.